The Morgan fingerprint density at radius 2 is 1.53 bits per heavy atom. The van der Waals surface area contributed by atoms with Gasteiger partial charge in [0.2, 0.25) is 6.29 Å². The molecule has 5 rings (SSSR count). The Kier molecular flexibility index (Phi) is 8.99. The SMILES string of the molecule is COc1ccc([C@@H]2CC(=O)c3c(O)cc(O[C@@H]4O[C@H](CO[C@@H]5O[C@@H](C)[C@H](O)[C@@H](O)[C@@H]5O)[C@@H](O)[C@H](O)[C@@H]4O)cc3O2)cc1O. The van der Waals surface area contributed by atoms with E-state index in [4.69, 9.17) is 28.4 Å². The molecule has 2 aromatic rings. The Labute approximate surface area is 245 Å². The third-order valence-corrected chi connectivity index (χ3v) is 7.70. The number of phenolic OH excluding ortho intramolecular Hbond substituents is 2. The second-order valence-electron chi connectivity index (χ2n) is 10.6. The molecular weight excluding hydrogens is 576 g/mol. The fourth-order valence-electron chi connectivity index (χ4n) is 5.20. The molecule has 0 amide bonds. The van der Waals surface area contributed by atoms with Gasteiger partial charge in [-0.3, -0.25) is 4.79 Å². The van der Waals surface area contributed by atoms with Crippen LogP contribution < -0.4 is 14.2 Å². The lowest BCUT2D eigenvalue weighted by molar-refractivity contribution is -0.318. The van der Waals surface area contributed by atoms with E-state index in [0.29, 0.717) is 5.56 Å². The fourth-order valence-corrected chi connectivity index (χ4v) is 5.20. The zero-order valence-electron chi connectivity index (χ0n) is 23.1. The van der Waals surface area contributed by atoms with Crippen molar-refractivity contribution in [3.63, 3.8) is 0 Å². The maximum absolute atomic E-state index is 12.9. The fraction of sp³-hybridized carbons (Fsp3) is 0.536. The zero-order chi connectivity index (χ0) is 31.2. The minimum absolute atomic E-state index is 0.0457. The van der Waals surface area contributed by atoms with Crippen LogP contribution in [0.5, 0.6) is 28.7 Å². The van der Waals surface area contributed by atoms with E-state index in [9.17, 15) is 45.6 Å². The van der Waals surface area contributed by atoms with Gasteiger partial charge in [0.15, 0.2) is 23.6 Å². The number of hydrogen-bond acceptors (Lipinski definition) is 15. The van der Waals surface area contributed by atoms with Gasteiger partial charge in [0, 0.05) is 12.1 Å². The molecule has 2 aromatic carbocycles. The van der Waals surface area contributed by atoms with E-state index < -0.39 is 85.7 Å². The summed E-state index contributed by atoms with van der Waals surface area (Å²) < 4.78 is 33.1. The lowest BCUT2D eigenvalue weighted by Crippen LogP contribution is -2.61. The Balaban J connectivity index is 1.30. The highest BCUT2D eigenvalue weighted by Gasteiger charge is 2.47. The summed E-state index contributed by atoms with van der Waals surface area (Å²) >= 11 is 0. The number of phenols is 2. The molecule has 0 aliphatic carbocycles. The highest BCUT2D eigenvalue weighted by Crippen LogP contribution is 2.43. The molecule has 0 aromatic heterocycles. The first-order valence-electron chi connectivity index (χ1n) is 13.5. The van der Waals surface area contributed by atoms with Crippen molar-refractivity contribution in [3.8, 4) is 28.7 Å². The molecule has 3 aliphatic rings. The minimum atomic E-state index is -1.77. The number of Topliss-reactive ketones (excluding diaryl/α,β-unsaturated/α-hetero) is 1. The molecule has 0 radical (unpaired) electrons. The third kappa shape index (κ3) is 6.08. The van der Waals surface area contributed by atoms with E-state index >= 15 is 0 Å². The van der Waals surface area contributed by atoms with Gasteiger partial charge < -0.3 is 69.3 Å². The number of carbonyl (C=O) groups excluding carboxylic acids is 1. The predicted molar refractivity (Wildman–Crippen MR) is 141 cm³/mol. The molecule has 0 bridgehead atoms. The van der Waals surface area contributed by atoms with Crippen LogP contribution in [0.2, 0.25) is 0 Å². The highest BCUT2D eigenvalue weighted by atomic mass is 16.7. The molecule has 15 heteroatoms. The maximum Gasteiger partial charge on any atom is 0.229 e. The Morgan fingerprint density at radius 3 is 2.23 bits per heavy atom. The zero-order valence-corrected chi connectivity index (χ0v) is 23.1. The Hall–Kier alpha value is -3.25. The monoisotopic (exact) mass is 610 g/mol. The average molecular weight is 611 g/mol. The number of fused-ring (bicyclic) bond motifs is 1. The first-order valence-corrected chi connectivity index (χ1v) is 13.5. The van der Waals surface area contributed by atoms with Gasteiger partial charge in [-0.2, -0.15) is 0 Å². The van der Waals surface area contributed by atoms with Crippen LogP contribution in [0, 0.1) is 0 Å². The molecule has 3 aliphatic heterocycles. The average Bonchev–Trinajstić information content (AvgIpc) is 2.97. The summed E-state index contributed by atoms with van der Waals surface area (Å²) in [6.07, 6.45) is -15.9. The molecule has 2 saturated heterocycles. The van der Waals surface area contributed by atoms with E-state index in [2.05, 4.69) is 0 Å². The number of hydrogen-bond donors (Lipinski definition) is 8. The quantitative estimate of drug-likeness (QED) is 0.185. The number of benzene rings is 2. The second-order valence-corrected chi connectivity index (χ2v) is 10.6. The molecule has 0 unspecified atom stereocenters. The molecule has 0 spiro atoms. The summed E-state index contributed by atoms with van der Waals surface area (Å²) in [4.78, 5) is 12.9. The molecular formula is C28H34O15. The lowest BCUT2D eigenvalue weighted by atomic mass is 9.95. The summed E-state index contributed by atoms with van der Waals surface area (Å²) in [5, 5.41) is 82.2. The largest absolute Gasteiger partial charge is 0.507 e. The summed E-state index contributed by atoms with van der Waals surface area (Å²) in [6.45, 7) is 0.964. The third-order valence-electron chi connectivity index (χ3n) is 7.70. The number of ether oxygens (including phenoxy) is 6. The van der Waals surface area contributed by atoms with Crippen molar-refractivity contribution < 1.29 is 74.1 Å². The summed E-state index contributed by atoms with van der Waals surface area (Å²) in [7, 11) is 1.39. The highest BCUT2D eigenvalue weighted by molar-refractivity contribution is 6.02. The van der Waals surface area contributed by atoms with E-state index in [1.54, 1.807) is 6.07 Å². The van der Waals surface area contributed by atoms with Gasteiger partial charge in [0.25, 0.3) is 0 Å². The number of ketones is 1. The smallest absolute Gasteiger partial charge is 0.229 e. The Bertz CT molecular complexity index is 1320. The van der Waals surface area contributed by atoms with Crippen LogP contribution >= 0.6 is 0 Å². The standard InChI is InChI=1S/C28H34O15/c1-10-21(32)23(34)25(36)27(40-10)39-9-19-22(33)24(35)26(37)28(43-19)41-12-6-14(30)20-15(31)8-17(42-18(20)7-12)11-3-4-16(38-2)13(29)5-11/h3-7,10,17,19,21-30,32-37H,8-9H2,1-2H3/t10-,17-,19+,21-,22+,23+,24-,25-,26-,27+,28+/m0/s1. The Morgan fingerprint density at radius 1 is 0.837 bits per heavy atom. The normalized spacial score (nSPS) is 36.0. The first kappa shape index (κ1) is 31.2. The predicted octanol–water partition coefficient (Wildman–Crippen LogP) is -1.16. The minimum Gasteiger partial charge on any atom is -0.507 e. The van der Waals surface area contributed by atoms with Gasteiger partial charge in [-0.25, -0.2) is 0 Å². The molecule has 3 heterocycles. The molecule has 8 N–H and O–H groups in total. The van der Waals surface area contributed by atoms with E-state index in [1.165, 1.54) is 32.2 Å². The van der Waals surface area contributed by atoms with Crippen molar-refractivity contribution in [1.82, 2.24) is 0 Å². The van der Waals surface area contributed by atoms with Gasteiger partial charge in [-0.1, -0.05) is 6.07 Å². The van der Waals surface area contributed by atoms with Gasteiger partial charge in [-0.05, 0) is 24.6 Å². The number of aromatic hydroxyl groups is 2. The van der Waals surface area contributed by atoms with Crippen LogP contribution in [-0.4, -0.2) is 122 Å². The van der Waals surface area contributed by atoms with Crippen LogP contribution in [0.15, 0.2) is 30.3 Å². The first-order chi connectivity index (χ1) is 20.4. The number of aliphatic hydroxyl groups excluding tert-OH is 6. The van der Waals surface area contributed by atoms with E-state index in [-0.39, 0.29) is 35.0 Å². The van der Waals surface area contributed by atoms with Crippen LogP contribution in [0.1, 0.15) is 35.4 Å². The summed E-state index contributed by atoms with van der Waals surface area (Å²) in [5.74, 6) is -0.999. The van der Waals surface area contributed by atoms with Crippen molar-refractivity contribution in [2.24, 2.45) is 0 Å². The van der Waals surface area contributed by atoms with E-state index in [0.717, 1.165) is 6.07 Å². The molecule has 43 heavy (non-hydrogen) atoms. The van der Waals surface area contributed by atoms with Gasteiger partial charge in [0.1, 0.15) is 71.6 Å². The van der Waals surface area contributed by atoms with Crippen molar-refractivity contribution in [2.45, 2.75) is 80.9 Å². The van der Waals surface area contributed by atoms with E-state index in [1.807, 2.05) is 0 Å². The maximum atomic E-state index is 12.9. The lowest BCUT2D eigenvalue weighted by Gasteiger charge is -2.42. The van der Waals surface area contributed by atoms with Crippen LogP contribution in [0.25, 0.3) is 0 Å². The number of rotatable bonds is 7. The van der Waals surface area contributed by atoms with Gasteiger partial charge in [-0.15, -0.1) is 0 Å². The molecule has 11 atom stereocenters. The van der Waals surface area contributed by atoms with Crippen molar-refractivity contribution >= 4 is 5.78 Å². The molecule has 15 nitrogen and oxygen atoms in total. The van der Waals surface area contributed by atoms with Crippen LogP contribution in [0.4, 0.5) is 0 Å². The van der Waals surface area contributed by atoms with Crippen LogP contribution in [-0.2, 0) is 14.2 Å². The number of methoxy groups -OCH3 is 1. The molecule has 236 valence electrons. The van der Waals surface area contributed by atoms with Crippen LogP contribution in [0.3, 0.4) is 0 Å². The van der Waals surface area contributed by atoms with Gasteiger partial charge in [0.05, 0.1) is 26.2 Å². The van der Waals surface area contributed by atoms with Crippen molar-refractivity contribution in [2.75, 3.05) is 13.7 Å². The van der Waals surface area contributed by atoms with Crippen molar-refractivity contribution in [3.05, 3.63) is 41.5 Å². The molecule has 0 saturated carbocycles. The second kappa shape index (κ2) is 12.4. The molecule has 2 fully saturated rings. The number of carbonyl (C=O) groups is 1. The summed E-state index contributed by atoms with van der Waals surface area (Å²) in [6, 6.07) is 6.90. The number of aliphatic hydroxyl groups is 6. The topological polar surface area (TPSA) is 234 Å². The van der Waals surface area contributed by atoms with Gasteiger partial charge >= 0.3 is 0 Å². The summed E-state index contributed by atoms with van der Waals surface area (Å²) in [5.41, 5.74) is 0.373. The van der Waals surface area contributed by atoms with Crippen molar-refractivity contribution in [1.29, 1.82) is 0 Å².